The van der Waals surface area contributed by atoms with Gasteiger partial charge in [-0.15, -0.1) is 12.4 Å². The first kappa shape index (κ1) is 19.8. The van der Waals surface area contributed by atoms with Gasteiger partial charge in [0.15, 0.2) is 0 Å². The topological polar surface area (TPSA) is 46.3 Å². The molecule has 3 nitrogen and oxygen atoms in total. The Morgan fingerprint density at radius 2 is 2.04 bits per heavy atom. The number of amides is 1. The summed E-state index contributed by atoms with van der Waals surface area (Å²) in [6.07, 6.45) is 1.32. The maximum absolute atomic E-state index is 13.7. The second kappa shape index (κ2) is 8.06. The van der Waals surface area contributed by atoms with Crippen molar-refractivity contribution in [3.8, 4) is 0 Å². The summed E-state index contributed by atoms with van der Waals surface area (Å²) in [5, 5.41) is 0. The SMILES string of the molecule is CC(C)C(N)CCN(C)C(=O)C1CC1c1cc(F)ccc1F.Cl. The molecule has 130 valence electrons. The number of hydrogen-bond donors (Lipinski definition) is 1. The summed E-state index contributed by atoms with van der Waals surface area (Å²) >= 11 is 0. The van der Waals surface area contributed by atoms with Crippen LogP contribution in [0.5, 0.6) is 0 Å². The van der Waals surface area contributed by atoms with E-state index >= 15 is 0 Å². The van der Waals surface area contributed by atoms with Crippen LogP contribution in [0, 0.1) is 23.5 Å². The van der Waals surface area contributed by atoms with E-state index in [1.165, 1.54) is 6.07 Å². The number of rotatable bonds is 6. The molecule has 2 rings (SSSR count). The van der Waals surface area contributed by atoms with Crippen molar-refractivity contribution in [3.05, 3.63) is 35.4 Å². The Morgan fingerprint density at radius 3 is 2.65 bits per heavy atom. The third-order valence-electron chi connectivity index (χ3n) is 4.50. The van der Waals surface area contributed by atoms with Gasteiger partial charge in [-0.1, -0.05) is 13.8 Å². The van der Waals surface area contributed by atoms with E-state index in [0.717, 1.165) is 18.6 Å². The van der Waals surface area contributed by atoms with E-state index in [2.05, 4.69) is 13.8 Å². The van der Waals surface area contributed by atoms with Crippen LogP contribution in [0.2, 0.25) is 0 Å². The fraction of sp³-hybridized carbons (Fsp3) is 0.588. The number of carbonyl (C=O) groups is 1. The highest BCUT2D eigenvalue weighted by Crippen LogP contribution is 2.49. The van der Waals surface area contributed by atoms with Crippen LogP contribution in [-0.2, 0) is 4.79 Å². The summed E-state index contributed by atoms with van der Waals surface area (Å²) < 4.78 is 27.0. The zero-order valence-corrected chi connectivity index (χ0v) is 14.6. The van der Waals surface area contributed by atoms with Gasteiger partial charge in [0.1, 0.15) is 11.6 Å². The highest BCUT2D eigenvalue weighted by Gasteiger charge is 2.46. The van der Waals surface area contributed by atoms with Crippen molar-refractivity contribution < 1.29 is 13.6 Å². The van der Waals surface area contributed by atoms with E-state index in [9.17, 15) is 13.6 Å². The Balaban J connectivity index is 0.00000264. The Hall–Kier alpha value is -1.20. The number of benzene rings is 1. The van der Waals surface area contributed by atoms with Crippen LogP contribution in [0.4, 0.5) is 8.78 Å². The molecule has 1 aromatic rings. The van der Waals surface area contributed by atoms with Gasteiger partial charge in [0, 0.05) is 25.6 Å². The zero-order valence-electron chi connectivity index (χ0n) is 13.8. The van der Waals surface area contributed by atoms with Gasteiger partial charge in [-0.05, 0) is 48.4 Å². The Morgan fingerprint density at radius 1 is 1.39 bits per heavy atom. The molecule has 0 radical (unpaired) electrons. The van der Waals surface area contributed by atoms with Crippen molar-refractivity contribution in [3.63, 3.8) is 0 Å². The van der Waals surface area contributed by atoms with E-state index in [1.807, 2.05) is 0 Å². The number of hydrogen-bond acceptors (Lipinski definition) is 2. The summed E-state index contributed by atoms with van der Waals surface area (Å²) in [5.41, 5.74) is 6.29. The van der Waals surface area contributed by atoms with Crippen molar-refractivity contribution in [2.24, 2.45) is 17.6 Å². The molecular formula is C17H25ClF2N2O. The average molecular weight is 347 g/mol. The normalized spacial score (nSPS) is 20.8. The minimum atomic E-state index is -0.467. The molecular weight excluding hydrogens is 322 g/mol. The van der Waals surface area contributed by atoms with Gasteiger partial charge in [0.05, 0.1) is 0 Å². The second-order valence-electron chi connectivity index (χ2n) is 6.57. The molecule has 0 heterocycles. The molecule has 3 atom stereocenters. The molecule has 1 aliphatic rings. The van der Waals surface area contributed by atoms with Gasteiger partial charge in [-0.2, -0.15) is 0 Å². The molecule has 1 aromatic carbocycles. The Bertz CT molecular complexity index is 553. The van der Waals surface area contributed by atoms with Crippen LogP contribution in [0.3, 0.4) is 0 Å². The third kappa shape index (κ3) is 4.88. The highest BCUT2D eigenvalue weighted by atomic mass is 35.5. The van der Waals surface area contributed by atoms with Gasteiger partial charge < -0.3 is 10.6 Å². The molecule has 1 aliphatic carbocycles. The van der Waals surface area contributed by atoms with Crippen molar-refractivity contribution >= 4 is 18.3 Å². The van der Waals surface area contributed by atoms with Crippen LogP contribution in [0.1, 0.15) is 38.2 Å². The van der Waals surface area contributed by atoms with E-state index < -0.39 is 11.6 Å². The van der Waals surface area contributed by atoms with Crippen LogP contribution < -0.4 is 5.73 Å². The summed E-state index contributed by atoms with van der Waals surface area (Å²) in [4.78, 5) is 14.0. The lowest BCUT2D eigenvalue weighted by Gasteiger charge is -2.21. The summed E-state index contributed by atoms with van der Waals surface area (Å²) in [5.74, 6) is -0.985. The fourth-order valence-electron chi connectivity index (χ4n) is 2.68. The first-order chi connectivity index (χ1) is 10.3. The van der Waals surface area contributed by atoms with Crippen molar-refractivity contribution in [2.75, 3.05) is 13.6 Å². The van der Waals surface area contributed by atoms with Crippen molar-refractivity contribution in [1.82, 2.24) is 4.90 Å². The molecule has 0 aliphatic heterocycles. The Labute approximate surface area is 142 Å². The first-order valence-corrected chi connectivity index (χ1v) is 7.76. The molecule has 0 saturated heterocycles. The summed E-state index contributed by atoms with van der Waals surface area (Å²) in [7, 11) is 1.74. The number of carbonyl (C=O) groups excluding carboxylic acids is 1. The standard InChI is InChI=1S/C17H24F2N2O.ClH/c1-10(2)16(20)6-7-21(3)17(22)14-9-12(14)13-8-11(18)4-5-15(13)19;/h4-5,8,10,12,14,16H,6-7,9,20H2,1-3H3;1H. The molecule has 3 unspecified atom stereocenters. The first-order valence-electron chi connectivity index (χ1n) is 7.76. The lowest BCUT2D eigenvalue weighted by Crippen LogP contribution is -2.35. The molecule has 0 bridgehead atoms. The molecule has 1 amide bonds. The summed E-state index contributed by atoms with van der Waals surface area (Å²) in [6.45, 7) is 4.69. The highest BCUT2D eigenvalue weighted by molar-refractivity contribution is 5.85. The Kier molecular flexibility index (Phi) is 6.96. The van der Waals surface area contributed by atoms with Crippen molar-refractivity contribution in [2.45, 2.75) is 38.6 Å². The van der Waals surface area contributed by atoms with Gasteiger partial charge in [-0.25, -0.2) is 8.78 Å². The largest absolute Gasteiger partial charge is 0.345 e. The van der Waals surface area contributed by atoms with Crippen LogP contribution in [0.15, 0.2) is 18.2 Å². The van der Waals surface area contributed by atoms with Crippen LogP contribution in [0.25, 0.3) is 0 Å². The van der Waals surface area contributed by atoms with E-state index in [1.54, 1.807) is 11.9 Å². The predicted molar refractivity (Wildman–Crippen MR) is 89.5 cm³/mol. The van der Waals surface area contributed by atoms with E-state index in [4.69, 9.17) is 5.73 Å². The van der Waals surface area contributed by atoms with Gasteiger partial charge in [0.2, 0.25) is 5.91 Å². The molecule has 0 spiro atoms. The predicted octanol–water partition coefficient (Wildman–Crippen LogP) is 3.32. The minimum absolute atomic E-state index is 0. The third-order valence-corrected chi connectivity index (χ3v) is 4.50. The van der Waals surface area contributed by atoms with Gasteiger partial charge >= 0.3 is 0 Å². The number of halogens is 3. The van der Waals surface area contributed by atoms with E-state index in [0.29, 0.717) is 24.4 Å². The molecule has 6 heteroatoms. The average Bonchev–Trinajstić information content (AvgIpc) is 3.26. The number of nitrogens with zero attached hydrogens (tertiary/aromatic N) is 1. The van der Waals surface area contributed by atoms with E-state index in [-0.39, 0.29) is 36.2 Å². The summed E-state index contributed by atoms with van der Waals surface area (Å²) in [6, 6.07) is 3.47. The smallest absolute Gasteiger partial charge is 0.226 e. The van der Waals surface area contributed by atoms with Crippen molar-refractivity contribution in [1.29, 1.82) is 0 Å². The molecule has 1 fully saturated rings. The maximum Gasteiger partial charge on any atom is 0.226 e. The molecule has 23 heavy (non-hydrogen) atoms. The zero-order chi connectivity index (χ0) is 16.4. The molecule has 2 N–H and O–H groups in total. The fourth-order valence-corrected chi connectivity index (χ4v) is 2.68. The second-order valence-corrected chi connectivity index (χ2v) is 6.57. The lowest BCUT2D eigenvalue weighted by molar-refractivity contribution is -0.131. The lowest BCUT2D eigenvalue weighted by atomic mass is 10.0. The molecule has 1 saturated carbocycles. The number of nitrogens with two attached hydrogens (primary N) is 1. The van der Waals surface area contributed by atoms with Gasteiger partial charge in [-0.3, -0.25) is 4.79 Å². The van der Waals surface area contributed by atoms with Gasteiger partial charge in [0.25, 0.3) is 0 Å². The maximum atomic E-state index is 13.7. The quantitative estimate of drug-likeness (QED) is 0.858. The van der Waals surface area contributed by atoms with Crippen LogP contribution >= 0.6 is 12.4 Å². The van der Waals surface area contributed by atoms with Crippen LogP contribution in [-0.4, -0.2) is 30.4 Å². The molecule has 0 aromatic heterocycles. The monoisotopic (exact) mass is 346 g/mol. The minimum Gasteiger partial charge on any atom is -0.345 e.